The van der Waals surface area contributed by atoms with E-state index in [-0.39, 0.29) is 5.91 Å². The number of benzene rings is 2. The van der Waals surface area contributed by atoms with E-state index in [1.165, 1.54) is 0 Å². The molecule has 0 unspecified atom stereocenters. The highest BCUT2D eigenvalue weighted by atomic mass is 32.2. The number of aliphatic imine (C=N–C) groups is 1. The maximum absolute atomic E-state index is 13.1. The number of rotatable bonds is 7. The van der Waals surface area contributed by atoms with Crippen molar-refractivity contribution in [3.8, 4) is 11.5 Å². The molecule has 0 aliphatic carbocycles. The van der Waals surface area contributed by atoms with Crippen LogP contribution >= 0.6 is 23.5 Å². The Morgan fingerprint density at radius 2 is 1.79 bits per heavy atom. The van der Waals surface area contributed by atoms with Crippen LogP contribution < -0.4 is 14.4 Å². The average molecular weight is 415 g/mol. The zero-order valence-electron chi connectivity index (χ0n) is 16.0. The molecule has 5 nitrogen and oxygen atoms in total. The quantitative estimate of drug-likeness (QED) is 0.492. The highest BCUT2D eigenvalue weighted by molar-refractivity contribution is 8.15. The van der Waals surface area contributed by atoms with E-state index < -0.39 is 0 Å². The van der Waals surface area contributed by atoms with Crippen molar-refractivity contribution in [3.05, 3.63) is 59.8 Å². The second kappa shape index (κ2) is 9.71. The minimum absolute atomic E-state index is 0.143. The minimum Gasteiger partial charge on any atom is -0.497 e. The van der Waals surface area contributed by atoms with Gasteiger partial charge in [-0.25, -0.2) is 4.99 Å². The fourth-order valence-corrected chi connectivity index (χ4v) is 4.31. The Balaban J connectivity index is 1.93. The monoisotopic (exact) mass is 414 g/mol. The summed E-state index contributed by atoms with van der Waals surface area (Å²) >= 11 is 3.35. The van der Waals surface area contributed by atoms with Crippen LogP contribution in [0.4, 0.5) is 5.69 Å². The third-order valence-electron chi connectivity index (χ3n) is 4.08. The molecule has 0 saturated heterocycles. The summed E-state index contributed by atoms with van der Waals surface area (Å²) in [5, 5.41) is 0.687. The normalized spacial score (nSPS) is 15.1. The van der Waals surface area contributed by atoms with Crippen LogP contribution in [0.2, 0.25) is 0 Å². The van der Waals surface area contributed by atoms with Crippen molar-refractivity contribution in [3.63, 3.8) is 0 Å². The van der Waals surface area contributed by atoms with Crippen LogP contribution in [-0.4, -0.2) is 43.1 Å². The van der Waals surface area contributed by atoms with Crippen molar-refractivity contribution in [2.75, 3.05) is 36.9 Å². The molecule has 0 spiro atoms. The first-order valence-electron chi connectivity index (χ1n) is 8.71. The Bertz CT molecular complexity index is 895. The molecular formula is C21H22N2O3S2. The molecule has 0 bridgehead atoms. The van der Waals surface area contributed by atoms with Crippen LogP contribution in [-0.2, 0) is 4.79 Å². The van der Waals surface area contributed by atoms with E-state index in [9.17, 15) is 4.79 Å². The minimum atomic E-state index is -0.143. The molecule has 0 radical (unpaired) electrons. The molecule has 1 aliphatic rings. The van der Waals surface area contributed by atoms with Crippen molar-refractivity contribution in [1.82, 2.24) is 0 Å². The van der Waals surface area contributed by atoms with Crippen molar-refractivity contribution < 1.29 is 14.3 Å². The lowest BCUT2D eigenvalue weighted by Gasteiger charge is -2.18. The number of amidine groups is 1. The highest BCUT2D eigenvalue weighted by Crippen LogP contribution is 2.31. The van der Waals surface area contributed by atoms with Gasteiger partial charge < -0.3 is 9.47 Å². The first-order valence-corrected chi connectivity index (χ1v) is 11.1. The van der Waals surface area contributed by atoms with E-state index in [0.29, 0.717) is 16.6 Å². The van der Waals surface area contributed by atoms with Gasteiger partial charge in [0.2, 0.25) is 0 Å². The van der Waals surface area contributed by atoms with Gasteiger partial charge in [0.1, 0.15) is 17.2 Å². The van der Waals surface area contributed by atoms with Crippen LogP contribution in [0.3, 0.4) is 0 Å². The van der Waals surface area contributed by atoms with Gasteiger partial charge >= 0.3 is 0 Å². The maximum atomic E-state index is 13.1. The summed E-state index contributed by atoms with van der Waals surface area (Å²) in [4.78, 5) is 19.4. The summed E-state index contributed by atoms with van der Waals surface area (Å²) in [5.41, 5.74) is 2.06. The number of anilines is 1. The summed E-state index contributed by atoms with van der Waals surface area (Å²) < 4.78 is 10.5. The standard InChI is InChI=1S/C21H22N2O3S2/c1-25-17-9-7-15(8-10-17)13-19-20(24)23(21(22-19)28-12-11-27-3)16-5-4-6-18(14-16)26-2/h4-10,13-14H,11-12H2,1-3H3/b19-13-. The van der Waals surface area contributed by atoms with E-state index in [1.807, 2.05) is 48.5 Å². The van der Waals surface area contributed by atoms with Crippen LogP contribution in [0.15, 0.2) is 59.2 Å². The Morgan fingerprint density at radius 1 is 1.04 bits per heavy atom. The summed E-state index contributed by atoms with van der Waals surface area (Å²) in [6.07, 6.45) is 3.87. The van der Waals surface area contributed by atoms with Crippen LogP contribution in [0.5, 0.6) is 11.5 Å². The van der Waals surface area contributed by atoms with E-state index in [0.717, 1.165) is 28.5 Å². The number of hydrogen-bond acceptors (Lipinski definition) is 6. The van der Waals surface area contributed by atoms with Gasteiger partial charge in [-0.3, -0.25) is 9.69 Å². The first kappa shape index (κ1) is 20.4. The lowest BCUT2D eigenvalue weighted by atomic mass is 10.2. The Hall–Kier alpha value is -2.38. The number of hydrogen-bond donors (Lipinski definition) is 0. The molecule has 0 saturated carbocycles. The Morgan fingerprint density at radius 3 is 2.46 bits per heavy atom. The third-order valence-corrected chi connectivity index (χ3v) is 5.89. The van der Waals surface area contributed by atoms with Gasteiger partial charge in [-0.1, -0.05) is 30.0 Å². The molecule has 0 atom stereocenters. The van der Waals surface area contributed by atoms with Gasteiger partial charge in [0.05, 0.1) is 19.9 Å². The van der Waals surface area contributed by atoms with Gasteiger partial charge in [0, 0.05) is 17.6 Å². The highest BCUT2D eigenvalue weighted by Gasteiger charge is 2.32. The average Bonchev–Trinajstić information content (AvgIpc) is 3.04. The number of nitrogens with zero attached hydrogens (tertiary/aromatic N) is 2. The predicted octanol–water partition coefficient (Wildman–Crippen LogP) is 4.54. The van der Waals surface area contributed by atoms with Gasteiger partial charge in [0.25, 0.3) is 5.91 Å². The van der Waals surface area contributed by atoms with Crippen molar-refractivity contribution in [2.24, 2.45) is 4.99 Å². The first-order chi connectivity index (χ1) is 13.7. The fraction of sp³-hybridized carbons (Fsp3) is 0.238. The molecule has 28 heavy (non-hydrogen) atoms. The van der Waals surface area contributed by atoms with Gasteiger partial charge in [-0.05, 0) is 42.2 Å². The summed E-state index contributed by atoms with van der Waals surface area (Å²) in [6, 6.07) is 15.0. The predicted molar refractivity (Wildman–Crippen MR) is 120 cm³/mol. The smallest absolute Gasteiger partial charge is 0.283 e. The number of methoxy groups -OCH3 is 2. The second-order valence-corrected chi connectivity index (χ2v) is 7.93. The summed E-state index contributed by atoms with van der Waals surface area (Å²) in [6.45, 7) is 0. The van der Waals surface area contributed by atoms with Gasteiger partial charge in [-0.15, -0.1) is 0 Å². The van der Waals surface area contributed by atoms with E-state index >= 15 is 0 Å². The maximum Gasteiger partial charge on any atom is 0.283 e. The van der Waals surface area contributed by atoms with E-state index in [4.69, 9.17) is 9.47 Å². The molecule has 2 aromatic rings. The largest absolute Gasteiger partial charge is 0.497 e. The van der Waals surface area contributed by atoms with Gasteiger partial charge in [-0.2, -0.15) is 11.8 Å². The SMILES string of the molecule is COc1ccc(/C=C2\N=C(SCCSC)N(c3cccc(OC)c3)C2=O)cc1. The molecule has 1 heterocycles. The van der Waals surface area contributed by atoms with Crippen molar-refractivity contribution in [1.29, 1.82) is 0 Å². The van der Waals surface area contributed by atoms with E-state index in [1.54, 1.807) is 48.7 Å². The van der Waals surface area contributed by atoms with E-state index in [2.05, 4.69) is 11.2 Å². The molecule has 1 amide bonds. The second-order valence-electron chi connectivity index (χ2n) is 5.88. The lowest BCUT2D eigenvalue weighted by molar-refractivity contribution is -0.113. The number of thioether (sulfide) groups is 2. The molecule has 2 aromatic carbocycles. The Kier molecular flexibility index (Phi) is 7.06. The topological polar surface area (TPSA) is 51.1 Å². The zero-order valence-corrected chi connectivity index (χ0v) is 17.7. The Labute approximate surface area is 173 Å². The summed E-state index contributed by atoms with van der Waals surface area (Å²) in [5.74, 6) is 3.20. The molecular weight excluding hydrogens is 392 g/mol. The zero-order chi connectivity index (χ0) is 19.9. The molecule has 3 rings (SSSR count). The van der Waals surface area contributed by atoms with Crippen LogP contribution in [0, 0.1) is 0 Å². The number of amides is 1. The molecule has 0 fully saturated rings. The number of carbonyl (C=O) groups excluding carboxylic acids is 1. The molecule has 0 N–H and O–H groups in total. The molecule has 1 aliphatic heterocycles. The fourth-order valence-electron chi connectivity index (χ4n) is 2.64. The van der Waals surface area contributed by atoms with Crippen molar-refractivity contribution in [2.45, 2.75) is 0 Å². The molecule has 0 aromatic heterocycles. The molecule has 7 heteroatoms. The van der Waals surface area contributed by atoms with Crippen molar-refractivity contribution >= 4 is 46.4 Å². The van der Waals surface area contributed by atoms with Crippen LogP contribution in [0.1, 0.15) is 5.56 Å². The van der Waals surface area contributed by atoms with Crippen LogP contribution in [0.25, 0.3) is 6.08 Å². The summed E-state index contributed by atoms with van der Waals surface area (Å²) in [7, 11) is 3.24. The third kappa shape index (κ3) is 4.72. The molecule has 146 valence electrons. The van der Waals surface area contributed by atoms with Gasteiger partial charge in [0.15, 0.2) is 5.17 Å². The number of carbonyl (C=O) groups is 1. The number of ether oxygens (including phenoxy) is 2. The lowest BCUT2D eigenvalue weighted by Crippen LogP contribution is -2.30.